The average Bonchev–Trinajstić information content (AvgIpc) is 1.84. The zero-order valence-electron chi connectivity index (χ0n) is 7.02. The van der Waals surface area contributed by atoms with E-state index in [1.165, 1.54) is 19.3 Å². The van der Waals surface area contributed by atoms with E-state index in [4.69, 9.17) is 0 Å². The molecule has 1 fully saturated rings. The third-order valence-corrected chi connectivity index (χ3v) is 2.70. The molecule has 0 aromatic carbocycles. The van der Waals surface area contributed by atoms with Crippen molar-refractivity contribution in [2.75, 3.05) is 0 Å². The Balaban J connectivity index is 1.96. The van der Waals surface area contributed by atoms with E-state index in [-0.39, 0.29) is 6.42 Å². The van der Waals surface area contributed by atoms with Gasteiger partial charge in [0.25, 0.3) is 0 Å². The molecule has 0 radical (unpaired) electrons. The van der Waals surface area contributed by atoms with Crippen molar-refractivity contribution in [1.82, 2.24) is 0 Å². The first kappa shape index (κ1) is 8.95. The molecular weight excluding hydrogens is 146 g/mol. The van der Waals surface area contributed by atoms with Gasteiger partial charge in [-0.3, -0.25) is 0 Å². The Hall–Kier alpha value is -0.140. The van der Waals surface area contributed by atoms with Crippen LogP contribution in [-0.4, -0.2) is 6.43 Å². The van der Waals surface area contributed by atoms with Gasteiger partial charge >= 0.3 is 0 Å². The first-order valence-electron chi connectivity index (χ1n) is 4.50. The van der Waals surface area contributed by atoms with Gasteiger partial charge in [0.2, 0.25) is 6.43 Å². The lowest BCUT2D eigenvalue weighted by Gasteiger charge is -2.34. The Labute approximate surface area is 67.0 Å². The molecule has 1 aliphatic rings. The van der Waals surface area contributed by atoms with Crippen LogP contribution < -0.4 is 0 Å². The summed E-state index contributed by atoms with van der Waals surface area (Å²) >= 11 is 0. The quantitative estimate of drug-likeness (QED) is 0.593. The second-order valence-electron chi connectivity index (χ2n) is 3.58. The first-order chi connectivity index (χ1) is 5.22. The van der Waals surface area contributed by atoms with Crippen LogP contribution in [0.25, 0.3) is 0 Å². The molecular formula is C9H16F2. The van der Waals surface area contributed by atoms with Crippen LogP contribution in [0.1, 0.15) is 39.0 Å². The van der Waals surface area contributed by atoms with Gasteiger partial charge in [-0.15, -0.1) is 0 Å². The molecule has 0 aromatic rings. The maximum absolute atomic E-state index is 11.7. The Morgan fingerprint density at radius 3 is 2.36 bits per heavy atom. The minimum Gasteiger partial charge on any atom is -0.211 e. The third kappa shape index (κ3) is 2.76. The second-order valence-corrected chi connectivity index (χ2v) is 3.58. The maximum Gasteiger partial charge on any atom is 0.238 e. The number of alkyl halides is 2. The summed E-state index contributed by atoms with van der Waals surface area (Å²) in [6.45, 7) is 2.17. The molecule has 0 aliphatic heterocycles. The van der Waals surface area contributed by atoms with Gasteiger partial charge in [-0.2, -0.15) is 0 Å². The van der Waals surface area contributed by atoms with E-state index < -0.39 is 6.43 Å². The average molecular weight is 162 g/mol. The predicted octanol–water partition coefficient (Wildman–Crippen LogP) is 3.47. The lowest BCUT2D eigenvalue weighted by Crippen LogP contribution is -2.23. The lowest BCUT2D eigenvalue weighted by atomic mass is 9.72. The Kier molecular flexibility index (Phi) is 3.28. The van der Waals surface area contributed by atoms with Crippen LogP contribution in [0.3, 0.4) is 0 Å². The Morgan fingerprint density at radius 1 is 1.27 bits per heavy atom. The van der Waals surface area contributed by atoms with E-state index in [0.717, 1.165) is 12.3 Å². The molecule has 0 spiro atoms. The fourth-order valence-corrected chi connectivity index (χ4v) is 1.80. The minimum atomic E-state index is -2.09. The van der Waals surface area contributed by atoms with Crippen molar-refractivity contribution in [1.29, 1.82) is 0 Å². The molecule has 0 bridgehead atoms. The monoisotopic (exact) mass is 162 g/mol. The molecule has 0 nitrogen and oxygen atoms in total. The highest BCUT2D eigenvalue weighted by Gasteiger charge is 2.27. The molecule has 1 saturated carbocycles. The molecule has 0 unspecified atom stereocenters. The van der Waals surface area contributed by atoms with Crippen molar-refractivity contribution in [3.8, 4) is 0 Å². The molecule has 66 valence electrons. The number of hydrogen-bond acceptors (Lipinski definition) is 0. The van der Waals surface area contributed by atoms with Crippen LogP contribution >= 0.6 is 0 Å². The van der Waals surface area contributed by atoms with Crippen LogP contribution in [-0.2, 0) is 0 Å². The topological polar surface area (TPSA) is 0 Å². The Morgan fingerprint density at radius 2 is 1.91 bits per heavy atom. The van der Waals surface area contributed by atoms with E-state index in [0.29, 0.717) is 5.92 Å². The molecule has 11 heavy (non-hydrogen) atoms. The van der Waals surface area contributed by atoms with Gasteiger partial charge in [0.05, 0.1) is 0 Å². The standard InChI is InChI=1S/C9H16F2/c1-2-7-5-8(6-7)3-4-9(10)11/h7-9H,2-6H2,1H3. The summed E-state index contributed by atoms with van der Waals surface area (Å²) in [5.74, 6) is 1.46. The van der Waals surface area contributed by atoms with E-state index in [1.54, 1.807) is 0 Å². The van der Waals surface area contributed by atoms with Gasteiger partial charge in [-0.05, 0) is 31.1 Å². The van der Waals surface area contributed by atoms with E-state index in [2.05, 4.69) is 6.92 Å². The summed E-state index contributed by atoms with van der Waals surface area (Å²) in [5, 5.41) is 0. The van der Waals surface area contributed by atoms with Crippen LogP contribution in [0.15, 0.2) is 0 Å². The molecule has 0 N–H and O–H groups in total. The van der Waals surface area contributed by atoms with Crippen LogP contribution in [0.2, 0.25) is 0 Å². The number of rotatable bonds is 4. The SMILES string of the molecule is CCC1CC(CCC(F)F)C1. The predicted molar refractivity (Wildman–Crippen MR) is 41.7 cm³/mol. The minimum absolute atomic E-state index is 0.112. The highest BCUT2D eigenvalue weighted by atomic mass is 19.3. The summed E-state index contributed by atoms with van der Waals surface area (Å²) in [7, 11) is 0. The molecule has 1 aliphatic carbocycles. The lowest BCUT2D eigenvalue weighted by molar-refractivity contribution is 0.101. The summed E-state index contributed by atoms with van der Waals surface area (Å²) < 4.78 is 23.5. The van der Waals surface area contributed by atoms with Crippen LogP contribution in [0.5, 0.6) is 0 Å². The van der Waals surface area contributed by atoms with Crippen LogP contribution in [0, 0.1) is 11.8 Å². The molecule has 0 aromatic heterocycles. The van der Waals surface area contributed by atoms with Crippen molar-refractivity contribution in [3.05, 3.63) is 0 Å². The second kappa shape index (κ2) is 4.03. The van der Waals surface area contributed by atoms with Gasteiger partial charge in [0.15, 0.2) is 0 Å². The van der Waals surface area contributed by atoms with E-state index >= 15 is 0 Å². The largest absolute Gasteiger partial charge is 0.238 e. The van der Waals surface area contributed by atoms with Crippen LogP contribution in [0.4, 0.5) is 8.78 Å². The third-order valence-electron chi connectivity index (χ3n) is 2.70. The molecule has 1 rings (SSSR count). The van der Waals surface area contributed by atoms with Gasteiger partial charge in [0, 0.05) is 6.42 Å². The normalized spacial score (nSPS) is 30.5. The maximum atomic E-state index is 11.7. The molecule has 0 saturated heterocycles. The zero-order valence-corrected chi connectivity index (χ0v) is 7.02. The fourth-order valence-electron chi connectivity index (χ4n) is 1.80. The highest BCUT2D eigenvalue weighted by Crippen LogP contribution is 2.38. The van der Waals surface area contributed by atoms with E-state index in [1.807, 2.05) is 0 Å². The van der Waals surface area contributed by atoms with Crippen molar-refractivity contribution in [2.45, 2.75) is 45.5 Å². The summed E-state index contributed by atoms with van der Waals surface area (Å²) in [5.41, 5.74) is 0. The molecule has 0 atom stereocenters. The van der Waals surface area contributed by atoms with Gasteiger partial charge in [0.1, 0.15) is 0 Å². The molecule has 0 amide bonds. The van der Waals surface area contributed by atoms with Gasteiger partial charge in [-0.25, -0.2) is 8.78 Å². The fraction of sp³-hybridized carbons (Fsp3) is 1.00. The van der Waals surface area contributed by atoms with Crippen molar-refractivity contribution in [3.63, 3.8) is 0 Å². The van der Waals surface area contributed by atoms with Crippen molar-refractivity contribution in [2.24, 2.45) is 11.8 Å². The van der Waals surface area contributed by atoms with E-state index in [9.17, 15) is 8.78 Å². The van der Waals surface area contributed by atoms with Gasteiger partial charge < -0.3 is 0 Å². The Bertz CT molecular complexity index is 106. The van der Waals surface area contributed by atoms with Crippen molar-refractivity contribution >= 4 is 0 Å². The number of halogens is 2. The highest BCUT2D eigenvalue weighted by molar-refractivity contribution is 4.78. The summed E-state index contributed by atoms with van der Waals surface area (Å²) in [4.78, 5) is 0. The summed E-state index contributed by atoms with van der Waals surface area (Å²) in [6, 6.07) is 0. The smallest absolute Gasteiger partial charge is 0.211 e. The molecule has 2 heteroatoms. The van der Waals surface area contributed by atoms with Crippen molar-refractivity contribution < 1.29 is 8.78 Å². The zero-order chi connectivity index (χ0) is 8.27. The molecule has 0 heterocycles. The summed E-state index contributed by atoms with van der Waals surface area (Å²) in [6.07, 6.45) is 2.39. The van der Waals surface area contributed by atoms with Gasteiger partial charge in [-0.1, -0.05) is 13.3 Å². The number of hydrogen-bond donors (Lipinski definition) is 0. The first-order valence-corrected chi connectivity index (χ1v) is 4.50.